The van der Waals surface area contributed by atoms with Gasteiger partial charge in [-0.2, -0.15) is 0 Å². The summed E-state index contributed by atoms with van der Waals surface area (Å²) in [6, 6.07) is 12.7. The average molecular weight is 524 g/mol. The van der Waals surface area contributed by atoms with Gasteiger partial charge in [0.25, 0.3) is 0 Å². The van der Waals surface area contributed by atoms with Crippen LogP contribution in [0.2, 0.25) is 0 Å². The molecule has 4 rings (SSSR count). The number of hydrogen-bond donors (Lipinski definition) is 1. The minimum absolute atomic E-state index is 0.298. The molecule has 1 saturated heterocycles. The van der Waals surface area contributed by atoms with E-state index in [2.05, 4.69) is 0 Å². The molecular weight excluding hydrogens is 493 g/mol. The average Bonchev–Trinajstić information content (AvgIpc) is 3.38. The summed E-state index contributed by atoms with van der Waals surface area (Å²) in [7, 11) is 2.85. The number of carbonyl (C=O) groups is 3. The monoisotopic (exact) mass is 523 g/mol. The SMILES string of the molecule is COCC(=O)N1C(c2ccc(F)cc2)C(C(=O)c2cc(C)oc2C)C(c2ccc(OC)cc2)C1(C)C(=O)O. The Balaban J connectivity index is 2.04. The molecule has 2 heterocycles. The number of aryl methyl sites for hydroxylation is 2. The number of ketones is 1. The van der Waals surface area contributed by atoms with Crippen molar-refractivity contribution in [2.45, 2.75) is 38.3 Å². The van der Waals surface area contributed by atoms with Crippen molar-refractivity contribution < 1.29 is 37.8 Å². The molecular formula is C29H30FNO7. The first-order chi connectivity index (χ1) is 18.0. The summed E-state index contributed by atoms with van der Waals surface area (Å²) in [5, 5.41) is 10.7. The van der Waals surface area contributed by atoms with Gasteiger partial charge in [0.05, 0.1) is 24.6 Å². The Labute approximate surface area is 220 Å². The molecule has 0 saturated carbocycles. The maximum absolute atomic E-state index is 14.4. The highest BCUT2D eigenvalue weighted by molar-refractivity contribution is 6.03. The molecule has 1 fully saturated rings. The molecule has 2 aromatic carbocycles. The van der Waals surface area contributed by atoms with E-state index in [1.807, 2.05) is 0 Å². The Bertz CT molecular complexity index is 1350. The van der Waals surface area contributed by atoms with Crippen molar-refractivity contribution in [3.63, 3.8) is 0 Å². The fraction of sp³-hybridized carbons (Fsp3) is 0.345. The van der Waals surface area contributed by atoms with Gasteiger partial charge in [0, 0.05) is 13.0 Å². The Morgan fingerprint density at radius 2 is 1.63 bits per heavy atom. The van der Waals surface area contributed by atoms with Crippen LogP contribution in [0.15, 0.2) is 59.0 Å². The molecule has 1 amide bonds. The lowest BCUT2D eigenvalue weighted by Gasteiger charge is -2.37. The van der Waals surface area contributed by atoms with Gasteiger partial charge >= 0.3 is 5.97 Å². The van der Waals surface area contributed by atoms with E-state index < -0.39 is 47.7 Å². The Morgan fingerprint density at radius 3 is 2.13 bits per heavy atom. The number of benzene rings is 2. The summed E-state index contributed by atoms with van der Waals surface area (Å²) >= 11 is 0. The van der Waals surface area contributed by atoms with E-state index >= 15 is 0 Å². The standard InChI is InChI=1S/C29H30FNO7/c1-16-14-22(17(2)38-16)27(33)24-25(18-8-12-21(37-5)13-9-18)29(3,28(34)35)31(23(32)15-36-4)26(24)19-6-10-20(30)11-7-19/h6-14,24-26H,15H2,1-5H3,(H,34,35). The summed E-state index contributed by atoms with van der Waals surface area (Å²) in [5.74, 6) is -3.35. The van der Waals surface area contributed by atoms with Crippen LogP contribution in [0.25, 0.3) is 0 Å². The van der Waals surface area contributed by atoms with E-state index in [-0.39, 0.29) is 5.78 Å². The van der Waals surface area contributed by atoms with Crippen LogP contribution in [0.3, 0.4) is 0 Å². The molecule has 0 radical (unpaired) electrons. The van der Waals surface area contributed by atoms with Crippen molar-refractivity contribution in [2.75, 3.05) is 20.8 Å². The first-order valence-electron chi connectivity index (χ1n) is 12.1. The van der Waals surface area contributed by atoms with Crippen LogP contribution < -0.4 is 4.74 Å². The zero-order valence-corrected chi connectivity index (χ0v) is 21.9. The number of aliphatic carboxylic acids is 1. The van der Waals surface area contributed by atoms with Gasteiger partial charge in [-0.15, -0.1) is 0 Å². The Morgan fingerprint density at radius 1 is 1.03 bits per heavy atom. The zero-order chi connectivity index (χ0) is 27.8. The number of carboxylic acids is 1. The molecule has 4 atom stereocenters. The molecule has 3 aromatic rings. The number of carbonyl (C=O) groups excluding carboxylic acids is 2. The van der Waals surface area contributed by atoms with E-state index in [0.717, 1.165) is 0 Å². The van der Waals surface area contributed by atoms with Crippen LogP contribution in [0, 0.1) is 25.6 Å². The second kappa shape index (κ2) is 10.4. The minimum atomic E-state index is -1.86. The third-order valence-electron chi connectivity index (χ3n) is 7.35. The van der Waals surface area contributed by atoms with Gasteiger partial charge < -0.3 is 23.9 Å². The van der Waals surface area contributed by atoms with Gasteiger partial charge in [-0.05, 0) is 62.2 Å². The lowest BCUT2D eigenvalue weighted by atomic mass is 9.71. The van der Waals surface area contributed by atoms with Crippen LogP contribution in [0.1, 0.15) is 51.9 Å². The van der Waals surface area contributed by atoms with E-state index in [0.29, 0.717) is 34.0 Å². The topological polar surface area (TPSA) is 106 Å². The molecule has 1 aliphatic rings. The van der Waals surface area contributed by atoms with Crippen molar-refractivity contribution in [3.05, 3.63) is 88.6 Å². The van der Waals surface area contributed by atoms with Gasteiger partial charge in [-0.1, -0.05) is 24.3 Å². The zero-order valence-electron chi connectivity index (χ0n) is 21.9. The van der Waals surface area contributed by atoms with Crippen LogP contribution in [-0.2, 0) is 14.3 Å². The Hall–Kier alpha value is -3.98. The molecule has 1 aliphatic heterocycles. The minimum Gasteiger partial charge on any atom is -0.497 e. The number of carboxylic acid groups (broad SMARTS) is 1. The van der Waals surface area contributed by atoms with E-state index in [4.69, 9.17) is 13.9 Å². The third-order valence-corrected chi connectivity index (χ3v) is 7.35. The van der Waals surface area contributed by atoms with E-state index in [1.165, 1.54) is 50.3 Å². The normalized spacial score (nSPS) is 22.9. The van der Waals surface area contributed by atoms with Crippen LogP contribution in [0.5, 0.6) is 5.75 Å². The number of likely N-dealkylation sites (tertiary alicyclic amines) is 1. The van der Waals surface area contributed by atoms with Gasteiger partial charge in [-0.25, -0.2) is 9.18 Å². The second-order valence-corrected chi connectivity index (χ2v) is 9.61. The summed E-state index contributed by atoms with van der Waals surface area (Å²) in [4.78, 5) is 42.3. The van der Waals surface area contributed by atoms with Gasteiger partial charge in [0.2, 0.25) is 5.91 Å². The number of methoxy groups -OCH3 is 2. The second-order valence-electron chi connectivity index (χ2n) is 9.61. The van der Waals surface area contributed by atoms with Crippen molar-refractivity contribution in [1.29, 1.82) is 0 Å². The summed E-state index contributed by atoms with van der Waals surface area (Å²) < 4.78 is 29.9. The summed E-state index contributed by atoms with van der Waals surface area (Å²) in [6.45, 7) is 4.41. The van der Waals surface area contributed by atoms with Crippen molar-refractivity contribution in [1.82, 2.24) is 4.90 Å². The highest BCUT2D eigenvalue weighted by atomic mass is 19.1. The van der Waals surface area contributed by atoms with Crippen LogP contribution >= 0.6 is 0 Å². The van der Waals surface area contributed by atoms with Gasteiger partial charge in [-0.3, -0.25) is 9.59 Å². The predicted octanol–water partition coefficient (Wildman–Crippen LogP) is 4.70. The number of hydrogen-bond acceptors (Lipinski definition) is 6. The molecule has 0 spiro atoms. The first kappa shape index (κ1) is 27.1. The van der Waals surface area contributed by atoms with Crippen LogP contribution in [0.4, 0.5) is 4.39 Å². The molecule has 9 heteroatoms. The number of Topliss-reactive ketones (excluding diaryl/α,β-unsaturated/α-hetero) is 1. The largest absolute Gasteiger partial charge is 0.497 e. The molecule has 1 N–H and O–H groups in total. The fourth-order valence-corrected chi connectivity index (χ4v) is 5.68. The maximum Gasteiger partial charge on any atom is 0.330 e. The number of amides is 1. The first-order valence-corrected chi connectivity index (χ1v) is 12.1. The third kappa shape index (κ3) is 4.47. The van der Waals surface area contributed by atoms with Crippen molar-refractivity contribution in [3.8, 4) is 5.75 Å². The fourth-order valence-electron chi connectivity index (χ4n) is 5.68. The van der Waals surface area contributed by atoms with Gasteiger partial charge in [0.1, 0.15) is 35.2 Å². The summed E-state index contributed by atoms with van der Waals surface area (Å²) in [5.41, 5.74) is -0.606. The number of nitrogens with zero attached hydrogens (tertiary/aromatic N) is 1. The lowest BCUT2D eigenvalue weighted by molar-refractivity contribution is -0.159. The summed E-state index contributed by atoms with van der Waals surface area (Å²) in [6.07, 6.45) is 0. The molecule has 38 heavy (non-hydrogen) atoms. The molecule has 200 valence electrons. The highest BCUT2D eigenvalue weighted by Crippen LogP contribution is 2.56. The maximum atomic E-state index is 14.4. The molecule has 8 nitrogen and oxygen atoms in total. The molecule has 0 bridgehead atoms. The van der Waals surface area contributed by atoms with E-state index in [9.17, 15) is 23.9 Å². The van der Waals surface area contributed by atoms with Gasteiger partial charge in [0.15, 0.2) is 5.78 Å². The smallest absolute Gasteiger partial charge is 0.330 e. The molecule has 4 unspecified atom stereocenters. The number of furan rings is 1. The number of rotatable bonds is 8. The lowest BCUT2D eigenvalue weighted by Crippen LogP contribution is -2.55. The highest BCUT2D eigenvalue weighted by Gasteiger charge is 2.64. The quantitative estimate of drug-likeness (QED) is 0.427. The molecule has 1 aromatic heterocycles. The predicted molar refractivity (Wildman–Crippen MR) is 136 cm³/mol. The van der Waals surface area contributed by atoms with Crippen molar-refractivity contribution >= 4 is 17.7 Å². The Kier molecular flexibility index (Phi) is 7.42. The van der Waals surface area contributed by atoms with Crippen molar-refractivity contribution in [2.24, 2.45) is 5.92 Å². The van der Waals surface area contributed by atoms with E-state index in [1.54, 1.807) is 44.2 Å². The molecule has 0 aliphatic carbocycles. The van der Waals surface area contributed by atoms with Crippen LogP contribution in [-0.4, -0.2) is 54.0 Å². The number of ether oxygens (including phenoxy) is 2. The number of halogens is 1.